The van der Waals surface area contributed by atoms with Gasteiger partial charge >= 0.3 is 0 Å². The van der Waals surface area contributed by atoms with Gasteiger partial charge in [-0.15, -0.1) is 0 Å². The van der Waals surface area contributed by atoms with Crippen molar-refractivity contribution in [2.75, 3.05) is 13.1 Å². The van der Waals surface area contributed by atoms with Crippen molar-refractivity contribution < 1.29 is 13.6 Å². The summed E-state index contributed by atoms with van der Waals surface area (Å²) >= 11 is 6.10. The van der Waals surface area contributed by atoms with Crippen molar-refractivity contribution in [1.29, 1.82) is 0 Å². The highest BCUT2D eigenvalue weighted by atomic mass is 35.5. The molecule has 2 atom stereocenters. The molecule has 0 N–H and O–H groups in total. The average Bonchev–Trinajstić information content (AvgIpc) is 3.36. The van der Waals surface area contributed by atoms with Gasteiger partial charge in [0.05, 0.1) is 17.8 Å². The molecule has 6 rings (SSSR count). The van der Waals surface area contributed by atoms with Crippen LogP contribution in [0.5, 0.6) is 0 Å². The molecule has 184 valence electrons. The van der Waals surface area contributed by atoms with Gasteiger partial charge in [0.25, 0.3) is 0 Å². The second kappa shape index (κ2) is 9.26. The molecular weight excluding hydrogens is 484 g/mol. The summed E-state index contributed by atoms with van der Waals surface area (Å²) in [6, 6.07) is 13.0. The molecule has 4 heterocycles. The summed E-state index contributed by atoms with van der Waals surface area (Å²) in [5, 5.41) is 0.667. The van der Waals surface area contributed by atoms with Gasteiger partial charge in [0.1, 0.15) is 11.6 Å². The second-order valence-electron chi connectivity index (χ2n) is 9.50. The van der Waals surface area contributed by atoms with E-state index in [4.69, 9.17) is 16.6 Å². The Labute approximate surface area is 212 Å². The number of hydrogen-bond donors (Lipinski definition) is 0. The maximum absolute atomic E-state index is 14.1. The molecule has 2 unspecified atom stereocenters. The summed E-state index contributed by atoms with van der Waals surface area (Å²) in [7, 11) is 0. The lowest BCUT2D eigenvalue weighted by atomic mass is 10.1. The number of imidazole rings is 1. The Balaban J connectivity index is 1.23. The number of halogens is 3. The molecule has 36 heavy (non-hydrogen) atoms. The van der Waals surface area contributed by atoms with Crippen LogP contribution >= 0.6 is 11.6 Å². The zero-order chi connectivity index (χ0) is 24.8. The van der Waals surface area contributed by atoms with Crippen molar-refractivity contribution in [3.05, 3.63) is 88.8 Å². The molecule has 2 saturated heterocycles. The van der Waals surface area contributed by atoms with Gasteiger partial charge in [-0.2, -0.15) is 0 Å². The topological polar surface area (TPSA) is 53.7 Å². The number of amides is 1. The minimum Gasteiger partial charge on any atom is -0.334 e. The van der Waals surface area contributed by atoms with E-state index < -0.39 is 11.6 Å². The summed E-state index contributed by atoms with van der Waals surface area (Å²) in [5.41, 5.74) is 3.10. The summed E-state index contributed by atoms with van der Waals surface area (Å²) in [4.78, 5) is 26.7. The molecule has 6 nitrogen and oxygen atoms in total. The molecule has 0 saturated carbocycles. The maximum atomic E-state index is 14.1. The number of aromatic nitrogens is 3. The van der Waals surface area contributed by atoms with Gasteiger partial charge < -0.3 is 4.90 Å². The zero-order valence-corrected chi connectivity index (χ0v) is 20.2. The number of likely N-dealkylation sites (tertiary alicyclic amines) is 1. The standard InChI is InChI=1S/C27H24ClF2N5O/c28-19-5-2-17(3-6-19)26-24(34-11-1-10-31-27(34)32-26)16-33-14-21-8-9-22(15-33)35(21)25(36)12-18-4-7-20(29)13-23(18)30/h1-7,10-11,13,21-22H,8-9,12,14-16H2. The van der Waals surface area contributed by atoms with Crippen molar-refractivity contribution in [3.8, 4) is 11.3 Å². The van der Waals surface area contributed by atoms with Crippen LogP contribution in [0.4, 0.5) is 8.78 Å². The molecule has 2 fully saturated rings. The third-order valence-corrected chi connectivity index (χ3v) is 7.45. The number of benzene rings is 2. The van der Waals surface area contributed by atoms with Gasteiger partial charge in [0.15, 0.2) is 0 Å². The Hall–Kier alpha value is -3.36. The van der Waals surface area contributed by atoms with Crippen LogP contribution in [-0.2, 0) is 17.8 Å². The number of fused-ring (bicyclic) bond motifs is 3. The van der Waals surface area contributed by atoms with Gasteiger partial charge in [0, 0.05) is 60.8 Å². The fraction of sp³-hybridized carbons (Fsp3) is 0.296. The highest BCUT2D eigenvalue weighted by Gasteiger charge is 2.42. The number of carbonyl (C=O) groups is 1. The first-order valence-electron chi connectivity index (χ1n) is 12.0. The van der Waals surface area contributed by atoms with Crippen LogP contribution in [-0.4, -0.2) is 55.2 Å². The van der Waals surface area contributed by atoms with Crippen LogP contribution in [0.25, 0.3) is 17.0 Å². The first-order chi connectivity index (χ1) is 17.5. The SMILES string of the molecule is O=C(Cc1ccc(F)cc1F)N1C2CCC1CN(Cc1c(-c3ccc(Cl)cc3)nc3ncccn13)C2. The fourth-order valence-corrected chi connectivity index (χ4v) is 5.71. The van der Waals surface area contributed by atoms with Crippen LogP contribution in [0.15, 0.2) is 60.9 Å². The molecule has 0 radical (unpaired) electrons. The molecule has 2 aliphatic heterocycles. The lowest BCUT2D eigenvalue weighted by Crippen LogP contribution is -2.55. The molecule has 9 heteroatoms. The molecule has 2 bridgehead atoms. The quantitative estimate of drug-likeness (QED) is 0.391. The number of piperazine rings is 1. The molecular formula is C27H24ClF2N5O. The van der Waals surface area contributed by atoms with Crippen molar-refractivity contribution in [2.24, 2.45) is 0 Å². The third-order valence-electron chi connectivity index (χ3n) is 7.20. The molecule has 0 spiro atoms. The van der Waals surface area contributed by atoms with E-state index >= 15 is 0 Å². The van der Waals surface area contributed by atoms with E-state index in [0.717, 1.165) is 48.9 Å². The summed E-state index contributed by atoms with van der Waals surface area (Å²) in [6.07, 6.45) is 5.47. The first-order valence-corrected chi connectivity index (χ1v) is 12.4. The Morgan fingerprint density at radius 3 is 2.53 bits per heavy atom. The number of carbonyl (C=O) groups excluding carboxylic acids is 1. The highest BCUT2D eigenvalue weighted by molar-refractivity contribution is 6.30. The monoisotopic (exact) mass is 507 g/mol. The minimum absolute atomic E-state index is 0.0568. The van der Waals surface area contributed by atoms with Crippen LogP contribution < -0.4 is 0 Å². The number of rotatable bonds is 5. The van der Waals surface area contributed by atoms with Crippen molar-refractivity contribution in [1.82, 2.24) is 24.2 Å². The summed E-state index contributed by atoms with van der Waals surface area (Å²) in [6.45, 7) is 2.11. The van der Waals surface area contributed by atoms with Crippen LogP contribution in [0.3, 0.4) is 0 Å². The molecule has 0 aliphatic carbocycles. The van der Waals surface area contributed by atoms with E-state index in [-0.39, 0.29) is 30.0 Å². The van der Waals surface area contributed by atoms with Crippen molar-refractivity contribution in [3.63, 3.8) is 0 Å². The Bertz CT molecular complexity index is 1430. The van der Waals surface area contributed by atoms with Crippen LogP contribution in [0.2, 0.25) is 5.02 Å². The van der Waals surface area contributed by atoms with Crippen LogP contribution in [0, 0.1) is 11.6 Å². The molecule has 2 aromatic carbocycles. The molecule has 1 amide bonds. The highest BCUT2D eigenvalue weighted by Crippen LogP contribution is 2.33. The van der Waals surface area contributed by atoms with E-state index in [1.807, 2.05) is 45.8 Å². The van der Waals surface area contributed by atoms with Gasteiger partial charge in [0.2, 0.25) is 11.7 Å². The predicted molar refractivity (Wildman–Crippen MR) is 132 cm³/mol. The van der Waals surface area contributed by atoms with Crippen molar-refractivity contribution in [2.45, 2.75) is 37.9 Å². The first kappa shape index (κ1) is 23.1. The maximum Gasteiger partial charge on any atom is 0.234 e. The largest absolute Gasteiger partial charge is 0.334 e. The van der Waals surface area contributed by atoms with E-state index in [1.165, 1.54) is 12.1 Å². The van der Waals surface area contributed by atoms with E-state index in [1.54, 1.807) is 6.20 Å². The van der Waals surface area contributed by atoms with Crippen LogP contribution in [0.1, 0.15) is 24.1 Å². The third kappa shape index (κ3) is 4.24. The number of hydrogen-bond acceptors (Lipinski definition) is 4. The van der Waals surface area contributed by atoms with E-state index in [0.29, 0.717) is 17.3 Å². The Morgan fingerprint density at radius 2 is 1.81 bits per heavy atom. The fourth-order valence-electron chi connectivity index (χ4n) is 5.58. The summed E-state index contributed by atoms with van der Waals surface area (Å²) in [5.74, 6) is -0.785. The Morgan fingerprint density at radius 1 is 1.06 bits per heavy atom. The van der Waals surface area contributed by atoms with Gasteiger partial charge in [-0.05, 0) is 42.7 Å². The van der Waals surface area contributed by atoms with E-state index in [2.05, 4.69) is 9.88 Å². The smallest absolute Gasteiger partial charge is 0.234 e. The normalized spacial score (nSPS) is 19.8. The molecule has 2 aliphatic rings. The average molecular weight is 508 g/mol. The lowest BCUT2D eigenvalue weighted by molar-refractivity contribution is -0.136. The Kier molecular flexibility index (Phi) is 5.93. The van der Waals surface area contributed by atoms with Gasteiger partial charge in [-0.1, -0.05) is 29.8 Å². The number of nitrogens with zero attached hydrogens (tertiary/aromatic N) is 5. The molecule has 2 aromatic heterocycles. The van der Waals surface area contributed by atoms with E-state index in [9.17, 15) is 13.6 Å². The lowest BCUT2D eigenvalue weighted by Gasteiger charge is -2.41. The summed E-state index contributed by atoms with van der Waals surface area (Å²) < 4.78 is 29.4. The van der Waals surface area contributed by atoms with Gasteiger partial charge in [-0.25, -0.2) is 18.7 Å². The molecule has 4 aromatic rings. The predicted octanol–water partition coefficient (Wildman–Crippen LogP) is 4.75. The van der Waals surface area contributed by atoms with Gasteiger partial charge in [-0.3, -0.25) is 14.1 Å². The zero-order valence-electron chi connectivity index (χ0n) is 19.4. The minimum atomic E-state index is -0.676. The second-order valence-corrected chi connectivity index (χ2v) is 9.93. The van der Waals surface area contributed by atoms with Crippen molar-refractivity contribution >= 4 is 23.3 Å².